The van der Waals surface area contributed by atoms with Gasteiger partial charge in [0.2, 0.25) is 0 Å². The van der Waals surface area contributed by atoms with Crippen LogP contribution in [0, 0.1) is 6.92 Å². The zero-order chi connectivity index (χ0) is 14.3. The Morgan fingerprint density at radius 2 is 2.05 bits per heavy atom. The van der Waals surface area contributed by atoms with Crippen LogP contribution < -0.4 is 11.1 Å². The van der Waals surface area contributed by atoms with E-state index in [-0.39, 0.29) is 11.9 Å². The molecule has 3 nitrogen and oxygen atoms in total. The van der Waals surface area contributed by atoms with E-state index in [0.29, 0.717) is 5.56 Å². The van der Waals surface area contributed by atoms with Gasteiger partial charge in [-0.2, -0.15) is 0 Å². The summed E-state index contributed by atoms with van der Waals surface area (Å²) < 4.78 is 0. The summed E-state index contributed by atoms with van der Waals surface area (Å²) in [6.07, 6.45) is 5.98. The lowest BCUT2D eigenvalue weighted by atomic mass is 10.1. The number of nitrogens with two attached hydrogens (primary N) is 1. The monoisotopic (exact) mass is 262 g/mol. The first-order chi connectivity index (χ1) is 9.04. The summed E-state index contributed by atoms with van der Waals surface area (Å²) in [5, 5.41) is 3.04. The van der Waals surface area contributed by atoms with Gasteiger partial charge < -0.3 is 11.1 Å². The fourth-order valence-electron chi connectivity index (χ4n) is 2.07. The number of benzene rings is 1. The van der Waals surface area contributed by atoms with Gasteiger partial charge >= 0.3 is 0 Å². The molecule has 0 fully saturated rings. The third kappa shape index (κ3) is 5.33. The second kappa shape index (κ2) is 7.82. The fraction of sp³-hybridized carbons (Fsp3) is 0.562. The molecule has 1 atom stereocenters. The topological polar surface area (TPSA) is 55.1 Å². The second-order valence-electron chi connectivity index (χ2n) is 5.30. The Balaban J connectivity index is 2.43. The molecule has 3 N–H and O–H groups in total. The molecule has 1 aromatic rings. The number of nitrogen functional groups attached to an aromatic ring is 1. The average molecular weight is 262 g/mol. The molecule has 0 heterocycles. The van der Waals surface area contributed by atoms with Crippen LogP contribution in [0.5, 0.6) is 0 Å². The lowest BCUT2D eigenvalue weighted by molar-refractivity contribution is 0.0938. The summed E-state index contributed by atoms with van der Waals surface area (Å²) in [4.78, 5) is 12.1. The number of amides is 1. The van der Waals surface area contributed by atoms with E-state index < -0.39 is 0 Å². The number of hydrogen-bond acceptors (Lipinski definition) is 2. The molecule has 0 aromatic heterocycles. The average Bonchev–Trinajstić information content (AvgIpc) is 2.38. The van der Waals surface area contributed by atoms with Gasteiger partial charge in [0, 0.05) is 17.3 Å². The van der Waals surface area contributed by atoms with Crippen molar-refractivity contribution in [3.8, 4) is 0 Å². The first kappa shape index (κ1) is 15.5. The number of anilines is 1. The molecule has 3 heteroatoms. The highest BCUT2D eigenvalue weighted by Crippen LogP contribution is 2.13. The molecule has 0 aliphatic heterocycles. The van der Waals surface area contributed by atoms with Crippen LogP contribution in [0.25, 0.3) is 0 Å². The summed E-state index contributed by atoms with van der Waals surface area (Å²) in [5.74, 6) is -0.00825. The van der Waals surface area contributed by atoms with Gasteiger partial charge in [-0.1, -0.05) is 32.6 Å². The highest BCUT2D eigenvalue weighted by atomic mass is 16.1. The smallest absolute Gasteiger partial charge is 0.251 e. The molecule has 1 aromatic carbocycles. The van der Waals surface area contributed by atoms with Gasteiger partial charge in [0.15, 0.2) is 0 Å². The summed E-state index contributed by atoms with van der Waals surface area (Å²) in [5.41, 5.74) is 8.11. The van der Waals surface area contributed by atoms with Gasteiger partial charge in [0.25, 0.3) is 5.91 Å². The van der Waals surface area contributed by atoms with E-state index in [1.54, 1.807) is 12.1 Å². The molecule has 1 unspecified atom stereocenters. The van der Waals surface area contributed by atoms with Crippen molar-refractivity contribution in [2.75, 3.05) is 5.73 Å². The van der Waals surface area contributed by atoms with E-state index in [1.165, 1.54) is 25.7 Å². The van der Waals surface area contributed by atoms with E-state index in [1.807, 2.05) is 13.0 Å². The van der Waals surface area contributed by atoms with Crippen LogP contribution >= 0.6 is 0 Å². The minimum absolute atomic E-state index is 0.00825. The van der Waals surface area contributed by atoms with Crippen molar-refractivity contribution in [3.63, 3.8) is 0 Å². The highest BCUT2D eigenvalue weighted by molar-refractivity contribution is 5.95. The van der Waals surface area contributed by atoms with Crippen LogP contribution in [0.2, 0.25) is 0 Å². The molecule has 0 saturated heterocycles. The maximum absolute atomic E-state index is 12.1. The number of carbonyl (C=O) groups is 1. The normalized spacial score (nSPS) is 12.2. The van der Waals surface area contributed by atoms with E-state index in [4.69, 9.17) is 5.73 Å². The predicted octanol–water partition coefficient (Wildman–Crippen LogP) is 3.67. The lowest BCUT2D eigenvalue weighted by Gasteiger charge is -2.14. The number of hydrogen-bond donors (Lipinski definition) is 2. The fourth-order valence-corrected chi connectivity index (χ4v) is 2.07. The highest BCUT2D eigenvalue weighted by Gasteiger charge is 2.10. The van der Waals surface area contributed by atoms with Crippen LogP contribution in [0.15, 0.2) is 18.2 Å². The zero-order valence-electron chi connectivity index (χ0n) is 12.3. The van der Waals surface area contributed by atoms with E-state index in [9.17, 15) is 4.79 Å². The van der Waals surface area contributed by atoms with Gasteiger partial charge in [-0.15, -0.1) is 0 Å². The number of aryl methyl sites for hydroxylation is 1. The third-order valence-corrected chi connectivity index (χ3v) is 3.40. The quantitative estimate of drug-likeness (QED) is 0.582. The molecule has 1 amide bonds. The second-order valence-corrected chi connectivity index (χ2v) is 5.30. The Morgan fingerprint density at radius 1 is 1.32 bits per heavy atom. The van der Waals surface area contributed by atoms with Crippen molar-refractivity contribution in [1.29, 1.82) is 0 Å². The van der Waals surface area contributed by atoms with Crippen LogP contribution in [-0.4, -0.2) is 11.9 Å². The minimum Gasteiger partial charge on any atom is -0.399 e. The Kier molecular flexibility index (Phi) is 6.40. The van der Waals surface area contributed by atoms with Crippen molar-refractivity contribution < 1.29 is 4.79 Å². The molecule has 0 saturated carbocycles. The van der Waals surface area contributed by atoms with Gasteiger partial charge in [-0.3, -0.25) is 4.79 Å². The van der Waals surface area contributed by atoms with Crippen LogP contribution in [-0.2, 0) is 0 Å². The standard InChI is InChI=1S/C16H26N2O/c1-4-5-6-7-8-13(3)18-16(19)14-9-10-15(17)12(2)11-14/h9-11,13H,4-8,17H2,1-3H3,(H,18,19). The Labute approximate surface area is 116 Å². The van der Waals surface area contributed by atoms with Crippen molar-refractivity contribution in [3.05, 3.63) is 29.3 Å². The molecule has 19 heavy (non-hydrogen) atoms. The van der Waals surface area contributed by atoms with E-state index in [0.717, 1.165) is 17.7 Å². The van der Waals surface area contributed by atoms with Crippen LogP contribution in [0.3, 0.4) is 0 Å². The SMILES string of the molecule is CCCCCCC(C)NC(=O)c1ccc(N)c(C)c1. The molecule has 0 bridgehead atoms. The number of rotatable bonds is 7. The van der Waals surface area contributed by atoms with Crippen molar-refractivity contribution >= 4 is 11.6 Å². The van der Waals surface area contributed by atoms with Crippen LogP contribution in [0.4, 0.5) is 5.69 Å². The van der Waals surface area contributed by atoms with Gasteiger partial charge in [0.05, 0.1) is 0 Å². The number of carbonyl (C=O) groups excluding carboxylic acids is 1. The summed E-state index contributed by atoms with van der Waals surface area (Å²) in [7, 11) is 0. The van der Waals surface area contributed by atoms with Crippen molar-refractivity contribution in [1.82, 2.24) is 5.32 Å². The first-order valence-electron chi connectivity index (χ1n) is 7.21. The summed E-state index contributed by atoms with van der Waals surface area (Å²) in [6, 6.07) is 5.63. The van der Waals surface area contributed by atoms with Crippen molar-refractivity contribution in [2.24, 2.45) is 0 Å². The molecule has 0 aliphatic carbocycles. The third-order valence-electron chi connectivity index (χ3n) is 3.40. The summed E-state index contributed by atoms with van der Waals surface area (Å²) >= 11 is 0. The molecular formula is C16H26N2O. The van der Waals surface area contributed by atoms with E-state index in [2.05, 4.69) is 19.2 Å². The van der Waals surface area contributed by atoms with Gasteiger partial charge in [0.1, 0.15) is 0 Å². The van der Waals surface area contributed by atoms with Crippen molar-refractivity contribution in [2.45, 2.75) is 58.9 Å². The van der Waals surface area contributed by atoms with Crippen LogP contribution in [0.1, 0.15) is 61.9 Å². The Morgan fingerprint density at radius 3 is 2.68 bits per heavy atom. The minimum atomic E-state index is -0.00825. The molecule has 106 valence electrons. The number of unbranched alkanes of at least 4 members (excludes halogenated alkanes) is 3. The molecule has 0 radical (unpaired) electrons. The number of nitrogens with one attached hydrogen (secondary N) is 1. The predicted molar refractivity (Wildman–Crippen MR) is 81.3 cm³/mol. The molecule has 0 aliphatic rings. The Hall–Kier alpha value is -1.51. The maximum atomic E-state index is 12.1. The molecular weight excluding hydrogens is 236 g/mol. The maximum Gasteiger partial charge on any atom is 0.251 e. The Bertz CT molecular complexity index is 415. The molecule has 0 spiro atoms. The summed E-state index contributed by atoms with van der Waals surface area (Å²) in [6.45, 7) is 6.18. The largest absolute Gasteiger partial charge is 0.399 e. The zero-order valence-corrected chi connectivity index (χ0v) is 12.3. The van der Waals surface area contributed by atoms with Gasteiger partial charge in [-0.05, 0) is 44.0 Å². The first-order valence-corrected chi connectivity index (χ1v) is 7.21. The molecule has 1 rings (SSSR count). The van der Waals surface area contributed by atoms with E-state index >= 15 is 0 Å². The van der Waals surface area contributed by atoms with Gasteiger partial charge in [-0.25, -0.2) is 0 Å². The lowest BCUT2D eigenvalue weighted by Crippen LogP contribution is -2.32.